The van der Waals surface area contributed by atoms with Crippen LogP contribution in [0.2, 0.25) is 0 Å². The van der Waals surface area contributed by atoms with Crippen LogP contribution in [-0.2, 0) is 22.4 Å². The van der Waals surface area contributed by atoms with Gasteiger partial charge in [-0.3, -0.25) is 9.13 Å². The Balaban J connectivity index is 0.000000152. The minimum atomic E-state index is 0. The summed E-state index contributed by atoms with van der Waals surface area (Å²) in [6, 6.07) is 69.1. The Morgan fingerprint density at radius 3 is 1.76 bits per heavy atom. The first-order valence-electron chi connectivity index (χ1n) is 26.2. The van der Waals surface area contributed by atoms with Gasteiger partial charge in [0, 0.05) is 45.0 Å². The number of rotatable bonds is 7. The van der Waals surface area contributed by atoms with Crippen LogP contribution < -0.4 is 30.6 Å². The summed E-state index contributed by atoms with van der Waals surface area (Å²) in [7, 11) is 0. The minimum absolute atomic E-state index is 0. The van der Waals surface area contributed by atoms with Gasteiger partial charge in [-0.25, -0.2) is 0 Å². The summed E-state index contributed by atoms with van der Waals surface area (Å²) in [5, 5.41) is 4.86. The number of imidazole rings is 1. The summed E-state index contributed by atoms with van der Waals surface area (Å²) in [5.74, 6) is 3.58. The largest absolute Gasteiger partial charge is 0.456 e. The Hall–Kier alpha value is -7.34. The van der Waals surface area contributed by atoms with E-state index in [4.69, 9.17) is 4.74 Å². The number of hydrogen-bond acceptors (Lipinski definition) is 2. The van der Waals surface area contributed by atoms with Crippen molar-refractivity contribution in [2.45, 2.75) is 79.1 Å². The summed E-state index contributed by atoms with van der Waals surface area (Å²) in [6.45, 7) is 18.4. The minimum Gasteiger partial charge on any atom is -0.456 e. The number of anilines is 3. The molecule has 0 fully saturated rings. The molecule has 7 heteroatoms. The number of para-hydroxylation sites is 8. The van der Waals surface area contributed by atoms with E-state index < -0.39 is 0 Å². The smallest absolute Gasteiger partial charge is 0.269 e. The zero-order chi connectivity index (χ0) is 49.8. The van der Waals surface area contributed by atoms with Crippen molar-refractivity contribution >= 4 is 89.3 Å². The van der Waals surface area contributed by atoms with Crippen LogP contribution in [0.25, 0.3) is 60.5 Å². The molecule has 0 aliphatic carbocycles. The van der Waals surface area contributed by atoms with Crippen LogP contribution in [0.3, 0.4) is 0 Å². The maximum atomic E-state index is 6.99. The topological polar surface area (TPSA) is 25.7 Å². The van der Waals surface area contributed by atoms with E-state index >= 15 is 0 Å². The Kier molecular flexibility index (Phi) is 11.9. The number of nitrogens with zero attached hydrogens (tertiary/aromatic N) is 4. The first kappa shape index (κ1) is 47.6. The molecule has 0 unspecified atom stereocenters. The molecular formula is C67H58AuBN4O-. The zero-order valence-electron chi connectivity index (χ0n) is 43.2. The molecule has 2 aliphatic heterocycles. The molecule has 12 aromatic rings. The monoisotopic (exact) mass is 1140 g/mol. The van der Waals surface area contributed by atoms with E-state index in [0.29, 0.717) is 23.7 Å². The van der Waals surface area contributed by atoms with Crippen molar-refractivity contribution in [2.24, 2.45) is 0 Å². The number of aromatic nitrogens is 3. The van der Waals surface area contributed by atoms with E-state index in [1.54, 1.807) is 0 Å². The Morgan fingerprint density at radius 2 is 1.07 bits per heavy atom. The second kappa shape index (κ2) is 18.5. The molecule has 9 aromatic carbocycles. The van der Waals surface area contributed by atoms with E-state index in [1.807, 2.05) is 0 Å². The molecule has 0 bridgehead atoms. The average Bonchev–Trinajstić information content (AvgIpc) is 4.12. The van der Waals surface area contributed by atoms with Gasteiger partial charge in [-0.05, 0) is 115 Å². The maximum Gasteiger partial charge on any atom is 0.269 e. The van der Waals surface area contributed by atoms with Gasteiger partial charge in [-0.15, -0.1) is 10.8 Å². The normalized spacial score (nSPS) is 12.8. The predicted octanol–water partition coefficient (Wildman–Crippen LogP) is 15.2. The molecular weight excluding hydrogens is 1080 g/mol. The van der Waals surface area contributed by atoms with Gasteiger partial charge in [-0.2, -0.15) is 18.2 Å². The number of hydrogen-bond donors (Lipinski definition) is 0. The molecule has 367 valence electrons. The van der Waals surface area contributed by atoms with E-state index in [2.05, 4.69) is 268 Å². The molecule has 1 radical (unpaired) electrons. The van der Waals surface area contributed by atoms with E-state index in [9.17, 15) is 0 Å². The van der Waals surface area contributed by atoms with Crippen molar-refractivity contribution in [1.29, 1.82) is 0 Å². The van der Waals surface area contributed by atoms with Crippen LogP contribution in [0.1, 0.15) is 101 Å². The third kappa shape index (κ3) is 7.21. The Morgan fingerprint density at radius 1 is 0.500 bits per heavy atom. The molecule has 0 amide bonds. The van der Waals surface area contributed by atoms with Crippen LogP contribution >= 0.6 is 0 Å². The molecule has 0 saturated carbocycles. The summed E-state index contributed by atoms with van der Waals surface area (Å²) in [6.07, 6.45) is 3.84. The van der Waals surface area contributed by atoms with Crippen LogP contribution in [0.4, 0.5) is 17.1 Å². The maximum absolute atomic E-state index is 6.99. The van der Waals surface area contributed by atoms with Gasteiger partial charge in [0.2, 0.25) is 0 Å². The van der Waals surface area contributed by atoms with Crippen molar-refractivity contribution in [2.75, 3.05) is 4.90 Å². The fourth-order valence-electron chi connectivity index (χ4n) is 12.3. The van der Waals surface area contributed by atoms with Crippen molar-refractivity contribution in [3.8, 4) is 22.9 Å². The average molecular weight is 1140 g/mol. The standard InChI is InChI=1S/C36H20BN2O.C31H38N2.Au/c1-2-11-22(12-3-1)38-30-19-8-5-16-27(30)37-28-17-6-9-20-32(28)40-36-33(37)31(38)21-26-25-15-10-14-24-23-13-4-7-18-29(23)39(34(24)25)35(26)36;1-20(2)24-13-11-14-25(21(3)4)30(24)32-19-33(29-18-10-9-17-28(29)32)31-26(22(5)6)15-12-16-27(31)23(7)8;/h1-9,11-21H;9-18,20-23H,1-8H3;/q-1;;. The van der Waals surface area contributed by atoms with Gasteiger partial charge in [0.1, 0.15) is 11.5 Å². The molecule has 0 saturated heterocycles. The number of benzene rings is 9. The second-order valence-electron chi connectivity index (χ2n) is 21.3. The third-order valence-electron chi connectivity index (χ3n) is 15.6. The molecule has 0 spiro atoms. The van der Waals surface area contributed by atoms with Crippen molar-refractivity contribution in [1.82, 2.24) is 8.97 Å². The van der Waals surface area contributed by atoms with Crippen LogP contribution in [-0.4, -0.2) is 15.7 Å². The second-order valence-corrected chi connectivity index (χ2v) is 21.3. The third-order valence-corrected chi connectivity index (χ3v) is 15.6. The summed E-state index contributed by atoms with van der Waals surface area (Å²) < 4.78 is 14.1. The Bertz CT molecular complexity index is 3960. The molecule has 14 rings (SSSR count). The van der Waals surface area contributed by atoms with Crippen LogP contribution in [0.15, 0.2) is 182 Å². The van der Waals surface area contributed by atoms with E-state index in [-0.39, 0.29) is 29.1 Å². The summed E-state index contributed by atoms with van der Waals surface area (Å²) in [5.41, 5.74) is 21.2. The molecule has 3 aromatic heterocycles. The SMILES string of the molecule is CC(C)c1cccc(C(C)C)c1-n1[c-][n+](-c2c(C(C)C)cccc2C(C)C)c2ccccc21.[Au].[c-]1cc2c3ccccc3n3c4c5c6c(cc4c(c1)c23)N(c1ccccc1)c1ccccc1B6c1ccccc1O5. The van der Waals surface area contributed by atoms with Crippen molar-refractivity contribution in [3.05, 3.63) is 217 Å². The van der Waals surface area contributed by atoms with Crippen LogP contribution in [0, 0.1) is 12.4 Å². The zero-order valence-corrected chi connectivity index (χ0v) is 45.4. The molecule has 5 nitrogen and oxygen atoms in total. The Labute approximate surface area is 450 Å². The molecule has 74 heavy (non-hydrogen) atoms. The number of fused-ring (bicyclic) bond motifs is 12. The first-order chi connectivity index (χ1) is 35.6. The van der Waals surface area contributed by atoms with E-state index in [0.717, 1.165) is 22.7 Å². The summed E-state index contributed by atoms with van der Waals surface area (Å²) in [4.78, 5) is 2.41. The molecule has 5 heterocycles. The first-order valence-corrected chi connectivity index (χ1v) is 26.2. The van der Waals surface area contributed by atoms with Crippen LogP contribution in [0.5, 0.6) is 11.5 Å². The van der Waals surface area contributed by atoms with Crippen molar-refractivity contribution < 1.29 is 31.7 Å². The predicted molar refractivity (Wildman–Crippen MR) is 306 cm³/mol. The van der Waals surface area contributed by atoms with Gasteiger partial charge in [-0.1, -0.05) is 189 Å². The van der Waals surface area contributed by atoms with Gasteiger partial charge in [0.15, 0.2) is 0 Å². The van der Waals surface area contributed by atoms with Gasteiger partial charge >= 0.3 is 0 Å². The van der Waals surface area contributed by atoms with E-state index in [1.165, 1.54) is 105 Å². The number of ether oxygens (including phenoxy) is 1. The van der Waals surface area contributed by atoms with Gasteiger partial charge in [0.25, 0.3) is 13.0 Å². The van der Waals surface area contributed by atoms with Crippen molar-refractivity contribution in [3.63, 3.8) is 0 Å². The van der Waals surface area contributed by atoms with Gasteiger partial charge in [0.05, 0.1) is 27.9 Å². The quantitative estimate of drug-likeness (QED) is 0.0903. The molecule has 0 atom stereocenters. The molecule has 2 aliphatic rings. The molecule has 0 N–H and O–H groups in total. The fourth-order valence-corrected chi connectivity index (χ4v) is 12.3. The van der Waals surface area contributed by atoms with Gasteiger partial charge < -0.3 is 14.0 Å². The fraction of sp³-hybridized carbons (Fsp3) is 0.179. The summed E-state index contributed by atoms with van der Waals surface area (Å²) >= 11 is 0.